The van der Waals surface area contributed by atoms with Gasteiger partial charge < -0.3 is 8.98 Å². The quantitative estimate of drug-likeness (QED) is 0.617. The van der Waals surface area contributed by atoms with Crippen LogP contribution < -0.4 is 0 Å². The van der Waals surface area contributed by atoms with Crippen LogP contribution in [-0.4, -0.2) is 24.7 Å². The number of aryl methyl sites for hydroxylation is 1. The van der Waals surface area contributed by atoms with E-state index in [2.05, 4.69) is 37.0 Å². The van der Waals surface area contributed by atoms with E-state index in [-0.39, 0.29) is 6.04 Å². The predicted octanol–water partition coefficient (Wildman–Crippen LogP) is 3.91. The summed E-state index contributed by atoms with van der Waals surface area (Å²) in [7, 11) is 0. The number of furan rings is 1. The maximum Gasteiger partial charge on any atom is 0.176 e. The van der Waals surface area contributed by atoms with Gasteiger partial charge in [-0.1, -0.05) is 0 Å². The van der Waals surface area contributed by atoms with E-state index >= 15 is 0 Å². The molecule has 0 aromatic carbocycles. The second-order valence-corrected chi connectivity index (χ2v) is 6.32. The van der Waals surface area contributed by atoms with Gasteiger partial charge in [-0.2, -0.15) is 5.10 Å². The fourth-order valence-electron chi connectivity index (χ4n) is 2.53. The van der Waals surface area contributed by atoms with Gasteiger partial charge in [0, 0.05) is 24.0 Å². The number of hydrogen-bond donors (Lipinski definition) is 1. The Morgan fingerprint density at radius 2 is 2.09 bits per heavy atom. The van der Waals surface area contributed by atoms with E-state index in [4.69, 9.17) is 4.42 Å². The lowest BCUT2D eigenvalue weighted by atomic mass is 10.2. The molecule has 4 rings (SSSR count). The number of nitrogens with zero attached hydrogens (tertiary/aromatic N) is 4. The minimum atomic E-state index is 0.0955. The number of aromatic amines is 1. The molecule has 1 N–H and O–H groups in total. The second kappa shape index (κ2) is 5.51. The van der Waals surface area contributed by atoms with E-state index in [1.165, 1.54) is 0 Å². The molecule has 6 nitrogen and oxygen atoms in total. The molecule has 116 valence electrons. The Labute approximate surface area is 136 Å². The van der Waals surface area contributed by atoms with Gasteiger partial charge in [-0.05, 0) is 32.0 Å². The van der Waals surface area contributed by atoms with E-state index in [1.807, 2.05) is 31.3 Å². The van der Waals surface area contributed by atoms with Crippen molar-refractivity contribution in [2.75, 3.05) is 0 Å². The van der Waals surface area contributed by atoms with Gasteiger partial charge in [0.05, 0.1) is 16.7 Å². The number of thiazole rings is 1. The van der Waals surface area contributed by atoms with Gasteiger partial charge in [-0.3, -0.25) is 5.10 Å². The van der Waals surface area contributed by atoms with Crippen LogP contribution in [0.5, 0.6) is 0 Å². The van der Waals surface area contributed by atoms with Crippen LogP contribution in [0.4, 0.5) is 0 Å². The highest BCUT2D eigenvalue weighted by Crippen LogP contribution is 2.30. The van der Waals surface area contributed by atoms with Crippen LogP contribution in [0.25, 0.3) is 23.0 Å². The van der Waals surface area contributed by atoms with Gasteiger partial charge in [0.25, 0.3) is 0 Å². The van der Waals surface area contributed by atoms with Crippen LogP contribution in [0.3, 0.4) is 0 Å². The SMILES string of the molecule is Cc1nc([C@H](C)n2ccnc2-c2ccc(-c3ccn[nH]3)o2)cs1. The first kappa shape index (κ1) is 14.0. The molecule has 0 aliphatic heterocycles. The molecule has 0 amide bonds. The highest BCUT2D eigenvalue weighted by atomic mass is 32.1. The number of imidazole rings is 1. The Bertz CT molecular complexity index is 918. The molecule has 0 saturated carbocycles. The summed E-state index contributed by atoms with van der Waals surface area (Å²) in [5, 5.41) is 9.99. The largest absolute Gasteiger partial charge is 0.451 e. The van der Waals surface area contributed by atoms with Crippen molar-refractivity contribution >= 4 is 11.3 Å². The van der Waals surface area contributed by atoms with E-state index in [1.54, 1.807) is 23.7 Å². The van der Waals surface area contributed by atoms with Crippen molar-refractivity contribution in [2.45, 2.75) is 19.9 Å². The molecule has 0 spiro atoms. The van der Waals surface area contributed by atoms with E-state index in [0.29, 0.717) is 0 Å². The number of rotatable bonds is 4. The Morgan fingerprint density at radius 3 is 2.83 bits per heavy atom. The van der Waals surface area contributed by atoms with Gasteiger partial charge in [-0.15, -0.1) is 11.3 Å². The summed E-state index contributed by atoms with van der Waals surface area (Å²) in [6.45, 7) is 4.12. The molecule has 0 saturated heterocycles. The minimum absolute atomic E-state index is 0.0955. The zero-order valence-electron chi connectivity index (χ0n) is 12.7. The van der Waals surface area contributed by atoms with Crippen molar-refractivity contribution in [3.8, 4) is 23.0 Å². The number of nitrogens with one attached hydrogen (secondary N) is 1. The first-order valence-corrected chi connectivity index (χ1v) is 8.15. The first-order valence-electron chi connectivity index (χ1n) is 7.27. The lowest BCUT2D eigenvalue weighted by molar-refractivity contribution is 0.567. The molecule has 4 aromatic heterocycles. The second-order valence-electron chi connectivity index (χ2n) is 5.26. The molecule has 0 fully saturated rings. The molecule has 0 unspecified atom stereocenters. The average Bonchev–Trinajstić information content (AvgIpc) is 3.30. The highest BCUT2D eigenvalue weighted by Gasteiger charge is 2.18. The van der Waals surface area contributed by atoms with Crippen LogP contribution in [0, 0.1) is 6.92 Å². The van der Waals surface area contributed by atoms with Crippen LogP contribution >= 0.6 is 11.3 Å². The molecular formula is C16H15N5OS. The molecule has 7 heteroatoms. The maximum absolute atomic E-state index is 5.93. The summed E-state index contributed by atoms with van der Waals surface area (Å²) in [5.41, 5.74) is 1.88. The summed E-state index contributed by atoms with van der Waals surface area (Å²) < 4.78 is 8.01. The third-order valence-electron chi connectivity index (χ3n) is 3.74. The third-order valence-corrected chi connectivity index (χ3v) is 4.54. The fraction of sp³-hybridized carbons (Fsp3) is 0.188. The van der Waals surface area contributed by atoms with Crippen LogP contribution in [0.1, 0.15) is 23.7 Å². The minimum Gasteiger partial charge on any atom is -0.451 e. The topological polar surface area (TPSA) is 72.5 Å². The molecule has 0 bridgehead atoms. The molecule has 23 heavy (non-hydrogen) atoms. The summed E-state index contributed by atoms with van der Waals surface area (Å²) in [6, 6.07) is 5.81. The average molecular weight is 325 g/mol. The molecule has 1 atom stereocenters. The molecule has 4 heterocycles. The third kappa shape index (κ3) is 2.49. The van der Waals surface area contributed by atoms with Crippen molar-refractivity contribution in [2.24, 2.45) is 0 Å². The summed E-state index contributed by atoms with van der Waals surface area (Å²) >= 11 is 1.65. The number of hydrogen-bond acceptors (Lipinski definition) is 5. The van der Waals surface area contributed by atoms with Crippen molar-refractivity contribution in [3.63, 3.8) is 0 Å². The molecule has 0 aliphatic carbocycles. The fourth-order valence-corrected chi connectivity index (χ4v) is 3.23. The van der Waals surface area contributed by atoms with E-state index in [0.717, 1.165) is 33.7 Å². The van der Waals surface area contributed by atoms with E-state index in [9.17, 15) is 0 Å². The van der Waals surface area contributed by atoms with Gasteiger partial charge in [0.1, 0.15) is 5.69 Å². The van der Waals surface area contributed by atoms with Gasteiger partial charge in [0.15, 0.2) is 17.3 Å². The molecule has 0 aliphatic rings. The maximum atomic E-state index is 5.93. The summed E-state index contributed by atoms with van der Waals surface area (Å²) in [5.74, 6) is 2.25. The van der Waals surface area contributed by atoms with E-state index < -0.39 is 0 Å². The number of aromatic nitrogens is 5. The standard InChI is InChI=1S/C16H15N5OS/c1-10(13-9-23-11(2)19-13)21-8-7-17-16(21)15-4-3-14(22-15)12-5-6-18-20-12/h3-10H,1-2H3,(H,18,20)/t10-/m0/s1. The normalized spacial score (nSPS) is 12.6. The lowest BCUT2D eigenvalue weighted by Crippen LogP contribution is -2.07. The Hall–Kier alpha value is -2.67. The Morgan fingerprint density at radius 1 is 1.22 bits per heavy atom. The Balaban J connectivity index is 1.70. The lowest BCUT2D eigenvalue weighted by Gasteiger charge is -2.13. The zero-order chi connectivity index (χ0) is 15.8. The van der Waals surface area contributed by atoms with Crippen molar-refractivity contribution in [1.29, 1.82) is 0 Å². The molecule has 0 radical (unpaired) electrons. The van der Waals surface area contributed by atoms with Crippen molar-refractivity contribution < 1.29 is 4.42 Å². The van der Waals surface area contributed by atoms with Crippen LogP contribution in [0.15, 0.2) is 46.6 Å². The first-order chi connectivity index (χ1) is 11.2. The summed E-state index contributed by atoms with van der Waals surface area (Å²) in [6.07, 6.45) is 5.43. The van der Waals surface area contributed by atoms with Gasteiger partial charge >= 0.3 is 0 Å². The smallest absolute Gasteiger partial charge is 0.176 e. The van der Waals surface area contributed by atoms with Gasteiger partial charge in [0.2, 0.25) is 0 Å². The highest BCUT2D eigenvalue weighted by molar-refractivity contribution is 7.09. The van der Waals surface area contributed by atoms with Crippen LogP contribution in [-0.2, 0) is 0 Å². The summed E-state index contributed by atoms with van der Waals surface area (Å²) in [4.78, 5) is 9.03. The monoisotopic (exact) mass is 325 g/mol. The zero-order valence-corrected chi connectivity index (χ0v) is 13.5. The van der Waals surface area contributed by atoms with Crippen LogP contribution in [0.2, 0.25) is 0 Å². The molecular weight excluding hydrogens is 310 g/mol. The van der Waals surface area contributed by atoms with Gasteiger partial charge in [-0.25, -0.2) is 9.97 Å². The Kier molecular flexibility index (Phi) is 3.34. The number of H-pyrrole nitrogens is 1. The van der Waals surface area contributed by atoms with Crippen molar-refractivity contribution in [1.82, 2.24) is 24.7 Å². The van der Waals surface area contributed by atoms with Crippen molar-refractivity contribution in [3.05, 3.63) is 52.9 Å². The molecule has 4 aromatic rings. The predicted molar refractivity (Wildman–Crippen MR) is 88.2 cm³/mol.